The summed E-state index contributed by atoms with van der Waals surface area (Å²) in [6, 6.07) is 1.93. The maximum atomic E-state index is 13.6. The van der Waals surface area contributed by atoms with Crippen LogP contribution in [0.15, 0.2) is 17.0 Å². The minimum atomic E-state index is -3.92. The van der Waals surface area contributed by atoms with E-state index in [-0.39, 0.29) is 35.9 Å². The normalized spacial score (nSPS) is 13.1. The van der Waals surface area contributed by atoms with Gasteiger partial charge in [-0.05, 0) is 18.6 Å². The van der Waals surface area contributed by atoms with E-state index in [1.165, 1.54) is 14.2 Å². The van der Waals surface area contributed by atoms with Gasteiger partial charge in [-0.2, -0.15) is 0 Å². The summed E-state index contributed by atoms with van der Waals surface area (Å²) < 4.78 is 49.3. The average Bonchev–Trinajstić information content (AvgIpc) is 2.38. The van der Waals surface area contributed by atoms with E-state index < -0.39 is 21.9 Å². The summed E-state index contributed by atoms with van der Waals surface area (Å²) in [6.07, 6.45) is -0.614. The van der Waals surface area contributed by atoms with Gasteiger partial charge in [-0.25, -0.2) is 17.5 Å². The van der Waals surface area contributed by atoms with Crippen molar-refractivity contribution < 1.29 is 27.4 Å². The van der Waals surface area contributed by atoms with Crippen LogP contribution in [-0.4, -0.2) is 47.0 Å². The molecule has 0 amide bonds. The first-order chi connectivity index (χ1) is 9.81. The number of ether oxygens (including phenoxy) is 2. The molecule has 1 aromatic carbocycles. The third kappa shape index (κ3) is 4.81. The number of anilines is 1. The van der Waals surface area contributed by atoms with E-state index in [0.717, 1.165) is 12.1 Å². The van der Waals surface area contributed by atoms with Crippen LogP contribution < -0.4 is 15.2 Å². The molecule has 7 nitrogen and oxygen atoms in total. The van der Waals surface area contributed by atoms with Crippen molar-refractivity contribution in [2.24, 2.45) is 0 Å². The Morgan fingerprint density at radius 1 is 1.43 bits per heavy atom. The van der Waals surface area contributed by atoms with E-state index in [9.17, 15) is 17.9 Å². The number of hydrogen-bond acceptors (Lipinski definition) is 6. The zero-order valence-corrected chi connectivity index (χ0v) is 12.6. The van der Waals surface area contributed by atoms with Crippen LogP contribution in [0.4, 0.5) is 10.1 Å². The minimum absolute atomic E-state index is 0.0135. The summed E-state index contributed by atoms with van der Waals surface area (Å²) in [6.45, 7) is 0.0895. The summed E-state index contributed by atoms with van der Waals surface area (Å²) in [5, 5.41) is 9.42. The second-order valence-electron chi connectivity index (χ2n) is 4.32. The van der Waals surface area contributed by atoms with Crippen LogP contribution in [0.25, 0.3) is 0 Å². The molecule has 0 aliphatic carbocycles. The van der Waals surface area contributed by atoms with Crippen molar-refractivity contribution in [1.29, 1.82) is 0 Å². The average molecular weight is 322 g/mol. The van der Waals surface area contributed by atoms with Gasteiger partial charge in [0, 0.05) is 13.7 Å². The lowest BCUT2D eigenvalue weighted by atomic mass is 10.3. The van der Waals surface area contributed by atoms with Gasteiger partial charge < -0.3 is 20.3 Å². The molecule has 4 N–H and O–H groups in total. The summed E-state index contributed by atoms with van der Waals surface area (Å²) in [7, 11) is -1.26. The Bertz CT molecular complexity index is 556. The quantitative estimate of drug-likeness (QED) is 0.585. The molecule has 1 unspecified atom stereocenters. The lowest BCUT2D eigenvalue weighted by Crippen LogP contribution is -2.28. The molecule has 1 rings (SSSR count). The van der Waals surface area contributed by atoms with Crippen LogP contribution in [0.3, 0.4) is 0 Å². The summed E-state index contributed by atoms with van der Waals surface area (Å²) in [5.41, 5.74) is 5.42. The fraction of sp³-hybridized carbons (Fsp3) is 0.500. The molecule has 21 heavy (non-hydrogen) atoms. The second kappa shape index (κ2) is 7.55. The molecule has 0 radical (unpaired) electrons. The van der Waals surface area contributed by atoms with Gasteiger partial charge in [0.1, 0.15) is 0 Å². The number of halogens is 1. The van der Waals surface area contributed by atoms with Crippen molar-refractivity contribution >= 4 is 15.7 Å². The number of rotatable bonds is 8. The molecule has 120 valence electrons. The smallest absolute Gasteiger partial charge is 0.240 e. The Balaban J connectivity index is 2.79. The summed E-state index contributed by atoms with van der Waals surface area (Å²) in [5.74, 6) is -1.07. The van der Waals surface area contributed by atoms with Crippen molar-refractivity contribution in [2.75, 3.05) is 33.1 Å². The van der Waals surface area contributed by atoms with Crippen LogP contribution in [0.5, 0.6) is 5.75 Å². The first-order valence-corrected chi connectivity index (χ1v) is 7.59. The SMILES string of the molecule is COCC(O)CCNS(=O)(=O)c1cc(N)c(OC)c(F)c1. The van der Waals surface area contributed by atoms with Crippen molar-refractivity contribution in [3.8, 4) is 5.75 Å². The Morgan fingerprint density at radius 3 is 2.62 bits per heavy atom. The Hall–Kier alpha value is -1.42. The molecule has 0 aliphatic heterocycles. The van der Waals surface area contributed by atoms with E-state index >= 15 is 0 Å². The molecule has 0 fully saturated rings. The largest absolute Gasteiger partial charge is 0.492 e. The van der Waals surface area contributed by atoms with Gasteiger partial charge in [0.15, 0.2) is 11.6 Å². The van der Waals surface area contributed by atoms with Gasteiger partial charge in [-0.15, -0.1) is 0 Å². The van der Waals surface area contributed by atoms with E-state index in [4.69, 9.17) is 15.2 Å². The van der Waals surface area contributed by atoms with Gasteiger partial charge in [0.25, 0.3) is 0 Å². The fourth-order valence-corrected chi connectivity index (χ4v) is 2.77. The first kappa shape index (κ1) is 17.6. The molecular weight excluding hydrogens is 303 g/mol. The number of nitrogen functional groups attached to an aromatic ring is 1. The van der Waals surface area contributed by atoms with Crippen LogP contribution in [-0.2, 0) is 14.8 Å². The van der Waals surface area contributed by atoms with Crippen molar-refractivity contribution in [3.63, 3.8) is 0 Å². The lowest BCUT2D eigenvalue weighted by molar-refractivity contribution is 0.0603. The molecular formula is C12H19FN2O5S. The van der Waals surface area contributed by atoms with E-state index in [2.05, 4.69) is 4.72 Å². The number of hydrogen-bond donors (Lipinski definition) is 3. The number of benzene rings is 1. The Kier molecular flexibility index (Phi) is 6.34. The van der Waals surface area contributed by atoms with Crippen LogP contribution >= 0.6 is 0 Å². The maximum absolute atomic E-state index is 13.6. The number of nitrogens with two attached hydrogens (primary N) is 1. The van der Waals surface area contributed by atoms with E-state index in [1.54, 1.807) is 0 Å². The van der Waals surface area contributed by atoms with Gasteiger partial charge in [-0.1, -0.05) is 0 Å². The van der Waals surface area contributed by atoms with Gasteiger partial charge in [0.2, 0.25) is 10.0 Å². The molecule has 0 saturated heterocycles. The van der Waals surface area contributed by atoms with E-state index in [1.807, 2.05) is 0 Å². The summed E-state index contributed by atoms with van der Waals surface area (Å²) in [4.78, 5) is -0.306. The third-order valence-corrected chi connectivity index (χ3v) is 4.13. The van der Waals surface area contributed by atoms with Crippen molar-refractivity contribution in [1.82, 2.24) is 4.72 Å². The van der Waals surface area contributed by atoms with Crippen LogP contribution in [0.1, 0.15) is 6.42 Å². The topological polar surface area (TPSA) is 111 Å². The van der Waals surface area contributed by atoms with Crippen molar-refractivity contribution in [3.05, 3.63) is 17.9 Å². The molecule has 0 heterocycles. The molecule has 1 aromatic rings. The molecule has 1 atom stereocenters. The second-order valence-corrected chi connectivity index (χ2v) is 6.09. The Labute approximate surface area is 122 Å². The molecule has 0 spiro atoms. The highest BCUT2D eigenvalue weighted by Gasteiger charge is 2.19. The first-order valence-electron chi connectivity index (χ1n) is 6.11. The molecule has 0 aromatic heterocycles. The molecule has 9 heteroatoms. The fourth-order valence-electron chi connectivity index (χ4n) is 1.68. The highest BCUT2D eigenvalue weighted by atomic mass is 32.2. The highest BCUT2D eigenvalue weighted by Crippen LogP contribution is 2.28. The number of aliphatic hydroxyl groups excluding tert-OH is 1. The van der Waals surface area contributed by atoms with E-state index in [0.29, 0.717) is 0 Å². The number of nitrogens with one attached hydrogen (secondary N) is 1. The molecule has 0 aliphatic rings. The minimum Gasteiger partial charge on any atom is -0.492 e. The van der Waals surface area contributed by atoms with Crippen LogP contribution in [0.2, 0.25) is 0 Å². The standard InChI is InChI=1S/C12H19FN2O5S/c1-19-7-8(16)3-4-15-21(17,18)9-5-10(13)12(20-2)11(14)6-9/h5-6,8,15-16H,3-4,7,14H2,1-2H3. The lowest BCUT2D eigenvalue weighted by Gasteiger charge is -2.12. The predicted octanol–water partition coefficient (Wildman–Crippen LogP) is 0.0922. The predicted molar refractivity (Wildman–Crippen MR) is 75.1 cm³/mol. The third-order valence-electron chi connectivity index (χ3n) is 2.69. The zero-order valence-electron chi connectivity index (χ0n) is 11.8. The zero-order chi connectivity index (χ0) is 16.0. The molecule has 0 bridgehead atoms. The van der Waals surface area contributed by atoms with Gasteiger partial charge in [0.05, 0.1) is 30.4 Å². The van der Waals surface area contributed by atoms with Crippen molar-refractivity contribution in [2.45, 2.75) is 17.4 Å². The highest BCUT2D eigenvalue weighted by molar-refractivity contribution is 7.89. The molecule has 0 saturated carbocycles. The number of methoxy groups -OCH3 is 2. The number of sulfonamides is 1. The van der Waals surface area contributed by atoms with Gasteiger partial charge in [-0.3, -0.25) is 0 Å². The Morgan fingerprint density at radius 2 is 2.10 bits per heavy atom. The monoisotopic (exact) mass is 322 g/mol. The maximum Gasteiger partial charge on any atom is 0.240 e. The summed E-state index contributed by atoms with van der Waals surface area (Å²) >= 11 is 0. The van der Waals surface area contributed by atoms with Gasteiger partial charge >= 0.3 is 0 Å². The number of aliphatic hydroxyl groups is 1. The van der Waals surface area contributed by atoms with Crippen LogP contribution in [0, 0.1) is 5.82 Å².